The van der Waals surface area contributed by atoms with Gasteiger partial charge >= 0.3 is 0 Å². The number of hydrogen-bond acceptors (Lipinski definition) is 7. The molecule has 0 saturated carbocycles. The highest BCUT2D eigenvalue weighted by Crippen LogP contribution is 2.32. The van der Waals surface area contributed by atoms with E-state index in [-0.39, 0.29) is 4.90 Å². The molecule has 1 saturated heterocycles. The molecule has 1 aliphatic heterocycles. The summed E-state index contributed by atoms with van der Waals surface area (Å²) in [4.78, 5) is 6.51. The van der Waals surface area contributed by atoms with Gasteiger partial charge in [0.05, 0.1) is 19.1 Å². The Morgan fingerprint density at radius 2 is 1.94 bits per heavy atom. The number of nitrogens with one attached hydrogen (secondary N) is 2. The van der Waals surface area contributed by atoms with Crippen molar-refractivity contribution < 1.29 is 17.6 Å². The number of sulfonamides is 1. The summed E-state index contributed by atoms with van der Waals surface area (Å²) in [5.41, 5.74) is 1.88. The number of methoxy groups -OCH3 is 1. The van der Waals surface area contributed by atoms with Crippen molar-refractivity contribution in [3.8, 4) is 17.2 Å². The van der Waals surface area contributed by atoms with Crippen LogP contribution in [0.2, 0.25) is 0 Å². The van der Waals surface area contributed by atoms with Crippen LogP contribution < -0.4 is 19.7 Å². The Kier molecular flexibility index (Phi) is 5.88. The van der Waals surface area contributed by atoms with Gasteiger partial charge in [-0.2, -0.15) is 0 Å². The lowest BCUT2D eigenvalue weighted by atomic mass is 10.1. The third-order valence-corrected chi connectivity index (χ3v) is 6.52. The van der Waals surface area contributed by atoms with Crippen molar-refractivity contribution in [2.24, 2.45) is 0 Å². The predicted octanol–water partition coefficient (Wildman–Crippen LogP) is 3.34. The first-order valence-corrected chi connectivity index (χ1v) is 11.6. The quantitative estimate of drug-likeness (QED) is 0.604. The Morgan fingerprint density at radius 3 is 2.55 bits per heavy atom. The zero-order valence-corrected chi connectivity index (χ0v) is 18.5. The van der Waals surface area contributed by atoms with Gasteiger partial charge in [0.15, 0.2) is 5.76 Å². The number of hydrogen-bond donors (Lipinski definition) is 2. The second kappa shape index (κ2) is 8.60. The topological polar surface area (TPSA) is 96.7 Å². The first-order chi connectivity index (χ1) is 14.9. The van der Waals surface area contributed by atoms with E-state index in [0.29, 0.717) is 35.0 Å². The third kappa shape index (κ3) is 4.67. The van der Waals surface area contributed by atoms with Crippen molar-refractivity contribution in [1.29, 1.82) is 0 Å². The number of furan rings is 1. The van der Waals surface area contributed by atoms with Crippen LogP contribution >= 0.6 is 0 Å². The molecule has 4 rings (SSSR count). The minimum Gasteiger partial charge on any atom is -0.495 e. The van der Waals surface area contributed by atoms with Gasteiger partial charge in [0.1, 0.15) is 16.3 Å². The molecule has 0 aliphatic carbocycles. The van der Waals surface area contributed by atoms with Gasteiger partial charge in [-0.3, -0.25) is 9.71 Å². The maximum Gasteiger partial charge on any atom is 0.263 e. The zero-order chi connectivity index (χ0) is 22.0. The van der Waals surface area contributed by atoms with Gasteiger partial charge in [-0.1, -0.05) is 0 Å². The summed E-state index contributed by atoms with van der Waals surface area (Å²) >= 11 is 0. The number of ether oxygens (including phenoxy) is 1. The van der Waals surface area contributed by atoms with E-state index in [1.54, 1.807) is 30.5 Å². The summed E-state index contributed by atoms with van der Waals surface area (Å²) in [6, 6.07) is 12.9. The van der Waals surface area contributed by atoms with Crippen LogP contribution in [0, 0.1) is 0 Å². The van der Waals surface area contributed by atoms with Crippen LogP contribution in [-0.2, 0) is 10.0 Å². The molecule has 3 aromatic rings. The second-order valence-corrected chi connectivity index (χ2v) is 9.40. The molecular weight excluding hydrogens is 416 g/mol. The summed E-state index contributed by atoms with van der Waals surface area (Å²) in [5.74, 6) is 1.02. The van der Waals surface area contributed by atoms with Gasteiger partial charge in [-0.25, -0.2) is 8.42 Å². The van der Waals surface area contributed by atoms with E-state index in [9.17, 15) is 8.42 Å². The van der Waals surface area contributed by atoms with Gasteiger partial charge in [0.2, 0.25) is 0 Å². The maximum absolute atomic E-state index is 13.0. The molecule has 2 N–H and O–H groups in total. The molecule has 31 heavy (non-hydrogen) atoms. The summed E-state index contributed by atoms with van der Waals surface area (Å²) in [7, 11) is -2.34. The molecule has 2 unspecified atom stereocenters. The fraction of sp³-hybridized carbons (Fsp3) is 0.318. The highest BCUT2D eigenvalue weighted by Gasteiger charge is 2.23. The van der Waals surface area contributed by atoms with E-state index in [1.807, 2.05) is 12.1 Å². The first kappa shape index (κ1) is 21.2. The number of piperazine rings is 1. The molecule has 8 nitrogen and oxygen atoms in total. The van der Waals surface area contributed by atoms with Crippen molar-refractivity contribution in [1.82, 2.24) is 10.3 Å². The number of rotatable bonds is 6. The lowest BCUT2D eigenvalue weighted by Crippen LogP contribution is -2.54. The van der Waals surface area contributed by atoms with Crippen molar-refractivity contribution >= 4 is 21.4 Å². The Balaban J connectivity index is 1.59. The minimum atomic E-state index is -3.85. The van der Waals surface area contributed by atoms with Gasteiger partial charge in [0, 0.05) is 37.1 Å². The average Bonchev–Trinajstić information content (AvgIpc) is 3.28. The van der Waals surface area contributed by atoms with Crippen LogP contribution in [0.1, 0.15) is 13.8 Å². The molecule has 1 aliphatic rings. The molecular formula is C22H26N4O4S. The molecule has 0 radical (unpaired) electrons. The number of benzene rings is 1. The molecule has 1 fully saturated rings. The van der Waals surface area contributed by atoms with E-state index < -0.39 is 10.0 Å². The van der Waals surface area contributed by atoms with E-state index in [4.69, 9.17) is 9.15 Å². The number of pyridine rings is 1. The van der Waals surface area contributed by atoms with E-state index in [2.05, 4.69) is 33.8 Å². The Bertz CT molecular complexity index is 1120. The van der Waals surface area contributed by atoms with Crippen LogP contribution in [-0.4, -0.2) is 45.7 Å². The molecule has 0 amide bonds. The van der Waals surface area contributed by atoms with E-state index >= 15 is 0 Å². The SMILES string of the molecule is COc1ccc(N2CC(C)NC(C)C2)cc1NS(=O)(=O)c1ccc(-c2ccco2)nc1. The fourth-order valence-electron chi connectivity index (χ4n) is 3.82. The van der Waals surface area contributed by atoms with Crippen molar-refractivity contribution in [3.05, 3.63) is 54.9 Å². The molecule has 2 aromatic heterocycles. The summed E-state index contributed by atoms with van der Waals surface area (Å²) < 4.78 is 39.4. The molecule has 0 bridgehead atoms. The van der Waals surface area contributed by atoms with Crippen LogP contribution in [0.5, 0.6) is 5.75 Å². The molecule has 9 heteroatoms. The monoisotopic (exact) mass is 442 g/mol. The van der Waals surface area contributed by atoms with E-state index in [0.717, 1.165) is 18.8 Å². The van der Waals surface area contributed by atoms with Crippen LogP contribution in [0.25, 0.3) is 11.5 Å². The molecule has 0 spiro atoms. The minimum absolute atomic E-state index is 0.0553. The Hall–Kier alpha value is -3.04. The Morgan fingerprint density at radius 1 is 1.16 bits per heavy atom. The van der Waals surface area contributed by atoms with Crippen LogP contribution in [0.3, 0.4) is 0 Å². The van der Waals surface area contributed by atoms with Gasteiger partial charge in [-0.15, -0.1) is 0 Å². The highest BCUT2D eigenvalue weighted by molar-refractivity contribution is 7.92. The molecule has 164 valence electrons. The third-order valence-electron chi connectivity index (χ3n) is 5.17. The molecule has 3 heterocycles. The lowest BCUT2D eigenvalue weighted by Gasteiger charge is -2.38. The Labute approximate surface area is 182 Å². The fourth-order valence-corrected chi connectivity index (χ4v) is 4.83. The normalized spacial score (nSPS) is 19.3. The van der Waals surface area contributed by atoms with Crippen molar-refractivity contribution in [3.63, 3.8) is 0 Å². The largest absolute Gasteiger partial charge is 0.495 e. The van der Waals surface area contributed by atoms with Crippen molar-refractivity contribution in [2.45, 2.75) is 30.8 Å². The standard InChI is InChI=1S/C22H26N4O4S/c1-15-13-26(14-16(2)24-15)17-6-9-21(29-3)20(11-17)25-31(27,28)18-7-8-19(23-12-18)22-5-4-10-30-22/h4-12,15-16,24-25H,13-14H2,1-3H3. The molecule has 1 aromatic carbocycles. The van der Waals surface area contributed by atoms with Crippen LogP contribution in [0.4, 0.5) is 11.4 Å². The predicted molar refractivity (Wildman–Crippen MR) is 120 cm³/mol. The summed E-state index contributed by atoms with van der Waals surface area (Å²) in [6.45, 7) is 5.94. The molecule has 2 atom stereocenters. The average molecular weight is 443 g/mol. The number of aromatic nitrogens is 1. The summed E-state index contributed by atoms with van der Waals surface area (Å²) in [5, 5.41) is 3.50. The lowest BCUT2D eigenvalue weighted by molar-refractivity contribution is 0.406. The first-order valence-electron chi connectivity index (χ1n) is 10.1. The number of nitrogens with zero attached hydrogens (tertiary/aromatic N) is 2. The highest BCUT2D eigenvalue weighted by atomic mass is 32.2. The van der Waals surface area contributed by atoms with Gasteiger partial charge in [0.25, 0.3) is 10.0 Å². The van der Waals surface area contributed by atoms with E-state index in [1.165, 1.54) is 19.4 Å². The van der Waals surface area contributed by atoms with Gasteiger partial charge in [-0.05, 0) is 56.3 Å². The summed E-state index contributed by atoms with van der Waals surface area (Å²) in [6.07, 6.45) is 2.86. The van der Waals surface area contributed by atoms with Crippen molar-refractivity contribution in [2.75, 3.05) is 29.8 Å². The van der Waals surface area contributed by atoms with Gasteiger partial charge < -0.3 is 19.4 Å². The maximum atomic E-state index is 13.0. The number of anilines is 2. The smallest absolute Gasteiger partial charge is 0.263 e. The zero-order valence-electron chi connectivity index (χ0n) is 17.7. The second-order valence-electron chi connectivity index (χ2n) is 7.72. The van der Waals surface area contributed by atoms with Crippen LogP contribution in [0.15, 0.2) is 64.2 Å².